The molecule has 0 atom stereocenters. The Hall–Kier alpha value is -2.14. The molecule has 2 aromatic rings. The number of carbonyl (C=O) groups is 1. The first kappa shape index (κ1) is 14.8. The van der Waals surface area contributed by atoms with E-state index < -0.39 is 0 Å². The zero-order chi connectivity index (χ0) is 15.4. The van der Waals surface area contributed by atoms with Crippen molar-refractivity contribution in [3.63, 3.8) is 0 Å². The summed E-state index contributed by atoms with van der Waals surface area (Å²) in [7, 11) is 0. The fraction of sp³-hybridized carbons (Fsp3) is 0.412. The number of aliphatic hydroxyl groups is 1. The average Bonchev–Trinajstić information content (AvgIpc) is 3.10. The van der Waals surface area contributed by atoms with Gasteiger partial charge in [0.25, 0.3) is 5.91 Å². The van der Waals surface area contributed by atoms with E-state index in [-0.39, 0.29) is 18.6 Å². The fourth-order valence-electron chi connectivity index (χ4n) is 2.98. The smallest absolute Gasteiger partial charge is 0.251 e. The van der Waals surface area contributed by atoms with Gasteiger partial charge in [-0.1, -0.05) is 6.07 Å². The molecule has 1 saturated carbocycles. The molecule has 0 unspecified atom stereocenters. The summed E-state index contributed by atoms with van der Waals surface area (Å²) in [4.78, 5) is 16.4. The summed E-state index contributed by atoms with van der Waals surface area (Å²) >= 11 is 0. The lowest BCUT2D eigenvalue weighted by Crippen LogP contribution is -2.38. The van der Waals surface area contributed by atoms with Gasteiger partial charge in [-0.05, 0) is 49.8 Å². The Kier molecular flexibility index (Phi) is 4.53. The molecule has 3 rings (SSSR count). The van der Waals surface area contributed by atoms with Crippen molar-refractivity contribution in [1.82, 2.24) is 14.9 Å². The van der Waals surface area contributed by atoms with Crippen molar-refractivity contribution >= 4 is 5.91 Å². The van der Waals surface area contributed by atoms with Gasteiger partial charge in [0.15, 0.2) is 0 Å². The summed E-state index contributed by atoms with van der Waals surface area (Å²) in [6.45, 7) is 0.258. The Morgan fingerprint density at radius 2 is 2.14 bits per heavy atom. The van der Waals surface area contributed by atoms with Gasteiger partial charge in [0.05, 0.1) is 6.33 Å². The van der Waals surface area contributed by atoms with Crippen LogP contribution in [0.5, 0.6) is 0 Å². The van der Waals surface area contributed by atoms with E-state index >= 15 is 0 Å². The van der Waals surface area contributed by atoms with E-state index in [4.69, 9.17) is 5.11 Å². The third-order valence-electron chi connectivity index (χ3n) is 4.35. The number of rotatable bonds is 4. The monoisotopic (exact) mass is 299 g/mol. The van der Waals surface area contributed by atoms with E-state index in [1.54, 1.807) is 12.5 Å². The number of aromatic nitrogens is 2. The van der Waals surface area contributed by atoms with Gasteiger partial charge in [-0.15, -0.1) is 0 Å². The van der Waals surface area contributed by atoms with Crippen molar-refractivity contribution in [1.29, 1.82) is 0 Å². The van der Waals surface area contributed by atoms with E-state index in [0.29, 0.717) is 11.5 Å². The van der Waals surface area contributed by atoms with E-state index in [0.717, 1.165) is 31.4 Å². The molecule has 5 heteroatoms. The van der Waals surface area contributed by atoms with Crippen LogP contribution in [0.25, 0.3) is 5.69 Å². The second kappa shape index (κ2) is 6.75. The summed E-state index contributed by atoms with van der Waals surface area (Å²) in [6, 6.07) is 7.75. The van der Waals surface area contributed by atoms with Gasteiger partial charge in [0.1, 0.15) is 0 Å². The lowest BCUT2D eigenvalue weighted by atomic mass is 9.86. The molecule has 5 nitrogen and oxygen atoms in total. The van der Waals surface area contributed by atoms with Crippen LogP contribution in [0.15, 0.2) is 43.0 Å². The molecule has 22 heavy (non-hydrogen) atoms. The summed E-state index contributed by atoms with van der Waals surface area (Å²) in [5.41, 5.74) is 1.59. The number of nitrogens with zero attached hydrogens (tertiary/aromatic N) is 2. The number of benzene rings is 1. The van der Waals surface area contributed by atoms with Crippen LogP contribution in [0.3, 0.4) is 0 Å². The van der Waals surface area contributed by atoms with Gasteiger partial charge in [-0.3, -0.25) is 4.79 Å². The summed E-state index contributed by atoms with van der Waals surface area (Å²) in [6.07, 6.45) is 9.14. The van der Waals surface area contributed by atoms with E-state index in [1.165, 1.54) is 0 Å². The molecule has 0 aliphatic heterocycles. The maximum atomic E-state index is 12.4. The summed E-state index contributed by atoms with van der Waals surface area (Å²) in [5, 5.41) is 12.3. The molecule has 0 spiro atoms. The number of hydrogen-bond acceptors (Lipinski definition) is 3. The Labute approximate surface area is 130 Å². The molecule has 0 radical (unpaired) electrons. The highest BCUT2D eigenvalue weighted by molar-refractivity contribution is 5.94. The molecule has 1 aromatic carbocycles. The number of nitrogens with one attached hydrogen (secondary N) is 1. The maximum Gasteiger partial charge on any atom is 0.251 e. The molecule has 116 valence electrons. The highest BCUT2D eigenvalue weighted by atomic mass is 16.3. The van der Waals surface area contributed by atoms with Crippen LogP contribution >= 0.6 is 0 Å². The van der Waals surface area contributed by atoms with Crippen LogP contribution in [0.4, 0.5) is 0 Å². The molecule has 1 fully saturated rings. The maximum absolute atomic E-state index is 12.4. The van der Waals surface area contributed by atoms with Crippen LogP contribution in [0.1, 0.15) is 36.0 Å². The van der Waals surface area contributed by atoms with Crippen LogP contribution in [-0.2, 0) is 0 Å². The first-order valence-electron chi connectivity index (χ1n) is 7.76. The van der Waals surface area contributed by atoms with Crippen molar-refractivity contribution < 1.29 is 9.90 Å². The van der Waals surface area contributed by atoms with Gasteiger partial charge < -0.3 is 15.0 Å². The molecule has 2 N–H and O–H groups in total. The first-order valence-corrected chi connectivity index (χ1v) is 7.76. The average molecular weight is 299 g/mol. The molecule has 1 aromatic heterocycles. The van der Waals surface area contributed by atoms with E-state index in [2.05, 4.69) is 10.3 Å². The first-order chi connectivity index (χ1) is 10.8. The highest BCUT2D eigenvalue weighted by Crippen LogP contribution is 2.24. The predicted octanol–water partition coefficient (Wildman–Crippen LogP) is 2.15. The zero-order valence-electron chi connectivity index (χ0n) is 12.5. The molecule has 1 aliphatic carbocycles. The van der Waals surface area contributed by atoms with Gasteiger partial charge in [0.2, 0.25) is 0 Å². The van der Waals surface area contributed by atoms with E-state index in [9.17, 15) is 4.79 Å². The van der Waals surface area contributed by atoms with Crippen molar-refractivity contribution in [3.05, 3.63) is 48.5 Å². The topological polar surface area (TPSA) is 67.2 Å². The van der Waals surface area contributed by atoms with Crippen molar-refractivity contribution in [2.75, 3.05) is 6.61 Å². The summed E-state index contributed by atoms with van der Waals surface area (Å²) < 4.78 is 1.88. The number of hydrogen-bond donors (Lipinski definition) is 2. The van der Waals surface area contributed by atoms with E-state index in [1.807, 2.05) is 35.0 Å². The van der Waals surface area contributed by atoms with Crippen molar-refractivity contribution in [2.45, 2.75) is 31.7 Å². The second-order valence-electron chi connectivity index (χ2n) is 5.89. The molecule has 0 bridgehead atoms. The van der Waals surface area contributed by atoms with Gasteiger partial charge in [-0.2, -0.15) is 0 Å². The van der Waals surface area contributed by atoms with Crippen molar-refractivity contribution in [2.24, 2.45) is 5.92 Å². The molecule has 1 heterocycles. The largest absolute Gasteiger partial charge is 0.396 e. The number of aliphatic hydroxyl groups excluding tert-OH is 1. The minimum Gasteiger partial charge on any atom is -0.396 e. The van der Waals surface area contributed by atoms with Gasteiger partial charge in [-0.25, -0.2) is 4.98 Å². The number of amides is 1. The highest BCUT2D eigenvalue weighted by Gasteiger charge is 2.22. The van der Waals surface area contributed by atoms with Crippen LogP contribution in [0.2, 0.25) is 0 Å². The zero-order valence-corrected chi connectivity index (χ0v) is 12.5. The van der Waals surface area contributed by atoms with Crippen molar-refractivity contribution in [3.8, 4) is 5.69 Å². The molecular weight excluding hydrogens is 278 g/mol. The lowest BCUT2D eigenvalue weighted by Gasteiger charge is -2.28. The Morgan fingerprint density at radius 1 is 1.32 bits per heavy atom. The Bertz CT molecular complexity index is 617. The Balaban J connectivity index is 1.64. The minimum absolute atomic E-state index is 0.0330. The van der Waals surface area contributed by atoms with Gasteiger partial charge in [0, 0.05) is 36.3 Å². The van der Waals surface area contributed by atoms with Gasteiger partial charge >= 0.3 is 0 Å². The van der Waals surface area contributed by atoms with Crippen LogP contribution in [0, 0.1) is 5.92 Å². The normalized spacial score (nSPS) is 21.5. The number of carbonyl (C=O) groups excluding carboxylic acids is 1. The fourth-order valence-corrected chi connectivity index (χ4v) is 2.98. The third kappa shape index (κ3) is 3.36. The third-order valence-corrected chi connectivity index (χ3v) is 4.35. The minimum atomic E-state index is -0.0330. The predicted molar refractivity (Wildman–Crippen MR) is 83.9 cm³/mol. The van der Waals surface area contributed by atoms with Crippen LogP contribution in [-0.4, -0.2) is 33.2 Å². The summed E-state index contributed by atoms with van der Waals surface area (Å²) in [5.74, 6) is 0.368. The lowest BCUT2D eigenvalue weighted by molar-refractivity contribution is 0.0914. The molecular formula is C17H21N3O2. The molecule has 1 aliphatic rings. The SMILES string of the molecule is O=C(NC1CCC(CO)CC1)c1cccc(-n2ccnc2)c1. The second-order valence-corrected chi connectivity index (χ2v) is 5.89. The molecule has 0 saturated heterocycles. The van der Waals surface area contributed by atoms with Crippen LogP contribution < -0.4 is 5.32 Å². The Morgan fingerprint density at radius 3 is 2.82 bits per heavy atom. The molecule has 1 amide bonds. The standard InChI is InChI=1S/C17H21N3O2/c21-11-13-4-6-15(7-5-13)19-17(22)14-2-1-3-16(10-14)20-9-8-18-12-20/h1-3,8-10,12-13,15,21H,4-7,11H2,(H,19,22). The quantitative estimate of drug-likeness (QED) is 0.909. The number of imidazole rings is 1.